The summed E-state index contributed by atoms with van der Waals surface area (Å²) in [6.07, 6.45) is 2.38. The van der Waals surface area contributed by atoms with E-state index in [1.807, 2.05) is 0 Å². The topological polar surface area (TPSA) is 12.0 Å². The van der Waals surface area contributed by atoms with Crippen molar-refractivity contribution in [3.05, 3.63) is 34.9 Å². The number of hydrogen-bond donors (Lipinski definition) is 1. The van der Waals surface area contributed by atoms with Gasteiger partial charge in [0.1, 0.15) is 0 Å². The number of rotatable bonds is 6. The number of aryl methyl sites for hydroxylation is 2. The van der Waals surface area contributed by atoms with Crippen LogP contribution in [-0.2, 0) is 6.42 Å². The molecule has 0 heterocycles. The van der Waals surface area contributed by atoms with Gasteiger partial charge in [0.15, 0.2) is 0 Å². The van der Waals surface area contributed by atoms with Gasteiger partial charge in [-0.15, -0.1) is 0 Å². The minimum atomic E-state index is 0.640. The van der Waals surface area contributed by atoms with Crippen LogP contribution in [-0.4, -0.2) is 12.6 Å². The van der Waals surface area contributed by atoms with Crippen molar-refractivity contribution < 1.29 is 0 Å². The summed E-state index contributed by atoms with van der Waals surface area (Å²) < 4.78 is 0. The quantitative estimate of drug-likeness (QED) is 0.786. The van der Waals surface area contributed by atoms with E-state index in [0.717, 1.165) is 6.54 Å². The van der Waals surface area contributed by atoms with Crippen LogP contribution in [0.25, 0.3) is 0 Å². The van der Waals surface area contributed by atoms with Crippen LogP contribution in [0.15, 0.2) is 18.2 Å². The number of hydrogen-bond acceptors (Lipinski definition) is 1. The monoisotopic (exact) mass is 233 g/mol. The minimum Gasteiger partial charge on any atom is -0.314 e. The zero-order valence-electron chi connectivity index (χ0n) is 12.0. The Morgan fingerprint density at radius 3 is 2.35 bits per heavy atom. The molecule has 0 saturated heterocycles. The van der Waals surface area contributed by atoms with E-state index in [1.54, 1.807) is 0 Å². The molecule has 1 N–H and O–H groups in total. The Labute approximate surface area is 107 Å². The Kier molecular flexibility index (Phi) is 5.70. The Morgan fingerprint density at radius 1 is 1.12 bits per heavy atom. The first-order chi connectivity index (χ1) is 8.08. The zero-order chi connectivity index (χ0) is 12.8. The SMILES string of the molecule is CCNC(CC)C(C)Cc1ccc(C)c(C)c1. The van der Waals surface area contributed by atoms with E-state index in [0.29, 0.717) is 12.0 Å². The Balaban J connectivity index is 2.66. The van der Waals surface area contributed by atoms with Gasteiger partial charge in [-0.3, -0.25) is 0 Å². The van der Waals surface area contributed by atoms with Gasteiger partial charge in [-0.25, -0.2) is 0 Å². The fourth-order valence-corrected chi connectivity index (χ4v) is 2.45. The lowest BCUT2D eigenvalue weighted by atomic mass is 9.91. The molecule has 0 aliphatic heterocycles. The van der Waals surface area contributed by atoms with E-state index in [1.165, 1.54) is 29.5 Å². The average molecular weight is 233 g/mol. The van der Waals surface area contributed by atoms with Crippen molar-refractivity contribution in [2.75, 3.05) is 6.54 Å². The third-order valence-corrected chi connectivity index (χ3v) is 3.72. The molecular formula is C16H27N. The summed E-state index contributed by atoms with van der Waals surface area (Å²) in [5.41, 5.74) is 4.27. The summed E-state index contributed by atoms with van der Waals surface area (Å²) in [4.78, 5) is 0. The summed E-state index contributed by atoms with van der Waals surface area (Å²) in [7, 11) is 0. The highest BCUT2D eigenvalue weighted by Crippen LogP contribution is 2.17. The molecule has 0 aliphatic carbocycles. The van der Waals surface area contributed by atoms with Crippen LogP contribution in [0, 0.1) is 19.8 Å². The molecule has 1 rings (SSSR count). The average Bonchev–Trinajstić information content (AvgIpc) is 2.30. The van der Waals surface area contributed by atoms with Gasteiger partial charge in [0.2, 0.25) is 0 Å². The smallest absolute Gasteiger partial charge is 0.00931 e. The molecular weight excluding hydrogens is 206 g/mol. The van der Waals surface area contributed by atoms with Crippen molar-refractivity contribution in [3.8, 4) is 0 Å². The van der Waals surface area contributed by atoms with Crippen LogP contribution in [0.2, 0.25) is 0 Å². The maximum absolute atomic E-state index is 3.58. The lowest BCUT2D eigenvalue weighted by molar-refractivity contribution is 0.371. The molecule has 0 fully saturated rings. The van der Waals surface area contributed by atoms with Gasteiger partial charge in [-0.05, 0) is 55.8 Å². The third-order valence-electron chi connectivity index (χ3n) is 3.72. The second-order valence-electron chi connectivity index (χ2n) is 5.17. The molecule has 1 heteroatoms. The lowest BCUT2D eigenvalue weighted by Crippen LogP contribution is -2.35. The van der Waals surface area contributed by atoms with Crippen molar-refractivity contribution in [1.29, 1.82) is 0 Å². The first-order valence-electron chi connectivity index (χ1n) is 6.88. The fourth-order valence-electron chi connectivity index (χ4n) is 2.45. The van der Waals surface area contributed by atoms with E-state index in [4.69, 9.17) is 0 Å². The summed E-state index contributed by atoms with van der Waals surface area (Å²) in [5, 5.41) is 3.58. The first kappa shape index (κ1) is 14.2. The highest BCUT2D eigenvalue weighted by atomic mass is 14.9. The van der Waals surface area contributed by atoms with Gasteiger partial charge in [-0.1, -0.05) is 39.0 Å². The van der Waals surface area contributed by atoms with E-state index >= 15 is 0 Å². The molecule has 1 nitrogen and oxygen atoms in total. The zero-order valence-corrected chi connectivity index (χ0v) is 12.0. The molecule has 0 saturated carbocycles. The van der Waals surface area contributed by atoms with Crippen molar-refractivity contribution in [2.24, 2.45) is 5.92 Å². The summed E-state index contributed by atoms with van der Waals surface area (Å²) >= 11 is 0. The molecule has 0 aromatic heterocycles. The van der Waals surface area contributed by atoms with Crippen LogP contribution in [0.3, 0.4) is 0 Å². The van der Waals surface area contributed by atoms with Crippen molar-refractivity contribution >= 4 is 0 Å². The van der Waals surface area contributed by atoms with E-state index in [-0.39, 0.29) is 0 Å². The molecule has 17 heavy (non-hydrogen) atoms. The Bertz CT molecular complexity index is 343. The minimum absolute atomic E-state index is 0.640. The van der Waals surface area contributed by atoms with E-state index < -0.39 is 0 Å². The van der Waals surface area contributed by atoms with Crippen molar-refractivity contribution in [2.45, 2.75) is 53.5 Å². The van der Waals surface area contributed by atoms with Crippen LogP contribution in [0.4, 0.5) is 0 Å². The van der Waals surface area contributed by atoms with Crippen LogP contribution >= 0.6 is 0 Å². The number of benzene rings is 1. The molecule has 96 valence electrons. The summed E-state index contributed by atoms with van der Waals surface area (Å²) in [5.74, 6) is 0.696. The Hall–Kier alpha value is -0.820. The normalized spacial score (nSPS) is 14.6. The molecule has 0 radical (unpaired) electrons. The fraction of sp³-hybridized carbons (Fsp3) is 0.625. The number of nitrogens with one attached hydrogen (secondary N) is 1. The highest BCUT2D eigenvalue weighted by molar-refractivity contribution is 5.30. The van der Waals surface area contributed by atoms with Gasteiger partial charge in [0, 0.05) is 6.04 Å². The van der Waals surface area contributed by atoms with Crippen LogP contribution < -0.4 is 5.32 Å². The summed E-state index contributed by atoms with van der Waals surface area (Å²) in [6, 6.07) is 7.50. The van der Waals surface area contributed by atoms with Crippen molar-refractivity contribution in [3.63, 3.8) is 0 Å². The van der Waals surface area contributed by atoms with Crippen LogP contribution in [0.1, 0.15) is 43.9 Å². The largest absolute Gasteiger partial charge is 0.314 e. The second kappa shape index (κ2) is 6.80. The second-order valence-corrected chi connectivity index (χ2v) is 5.17. The first-order valence-corrected chi connectivity index (χ1v) is 6.88. The molecule has 2 unspecified atom stereocenters. The maximum atomic E-state index is 3.58. The highest BCUT2D eigenvalue weighted by Gasteiger charge is 2.14. The van der Waals surface area contributed by atoms with E-state index in [2.05, 4.69) is 58.1 Å². The van der Waals surface area contributed by atoms with Gasteiger partial charge in [-0.2, -0.15) is 0 Å². The lowest BCUT2D eigenvalue weighted by Gasteiger charge is -2.23. The van der Waals surface area contributed by atoms with E-state index in [9.17, 15) is 0 Å². The third kappa shape index (κ3) is 4.16. The predicted molar refractivity (Wildman–Crippen MR) is 76.5 cm³/mol. The summed E-state index contributed by atoms with van der Waals surface area (Å²) in [6.45, 7) is 12.2. The standard InChI is InChI=1S/C16H27N/c1-6-16(17-7-2)14(5)11-15-9-8-12(3)13(4)10-15/h8-10,14,16-17H,6-7,11H2,1-5H3. The van der Waals surface area contributed by atoms with Gasteiger partial charge < -0.3 is 5.32 Å². The predicted octanol–water partition coefficient (Wildman–Crippen LogP) is 3.87. The molecule has 0 aliphatic rings. The molecule has 1 aromatic carbocycles. The molecule has 0 amide bonds. The molecule has 2 atom stereocenters. The maximum Gasteiger partial charge on any atom is 0.00931 e. The van der Waals surface area contributed by atoms with Gasteiger partial charge >= 0.3 is 0 Å². The van der Waals surface area contributed by atoms with Gasteiger partial charge in [0.05, 0.1) is 0 Å². The molecule has 0 spiro atoms. The Morgan fingerprint density at radius 2 is 1.82 bits per heavy atom. The van der Waals surface area contributed by atoms with Crippen molar-refractivity contribution in [1.82, 2.24) is 5.32 Å². The molecule has 1 aromatic rings. The van der Waals surface area contributed by atoms with Crippen LogP contribution in [0.5, 0.6) is 0 Å². The van der Waals surface area contributed by atoms with Gasteiger partial charge in [0.25, 0.3) is 0 Å². The molecule has 0 bridgehead atoms.